The number of likely N-dealkylation sites (N-methyl/N-ethyl adjacent to an activating group) is 1. The highest BCUT2D eigenvalue weighted by Gasteiger charge is 2.48. The molecule has 1 heterocycles. The molecule has 29 heavy (non-hydrogen) atoms. The Bertz CT molecular complexity index is 887. The third-order valence-electron chi connectivity index (χ3n) is 5.84. The summed E-state index contributed by atoms with van der Waals surface area (Å²) in [5, 5.41) is 20.7. The van der Waals surface area contributed by atoms with Crippen LogP contribution in [0.1, 0.15) is 31.7 Å². The third kappa shape index (κ3) is 4.09. The van der Waals surface area contributed by atoms with Crippen LogP contribution in [0.5, 0.6) is 5.75 Å². The lowest BCUT2D eigenvalue weighted by Crippen LogP contribution is -2.51. The van der Waals surface area contributed by atoms with Gasteiger partial charge in [0.2, 0.25) is 0 Å². The van der Waals surface area contributed by atoms with E-state index in [1.165, 1.54) is 0 Å². The van der Waals surface area contributed by atoms with Crippen LogP contribution in [0.25, 0.3) is 0 Å². The fourth-order valence-electron chi connectivity index (χ4n) is 4.12. The van der Waals surface area contributed by atoms with Gasteiger partial charge in [-0.05, 0) is 68.4 Å². The summed E-state index contributed by atoms with van der Waals surface area (Å²) in [5.74, 6) is 0.255. The number of para-hydroxylation sites is 1. The van der Waals surface area contributed by atoms with E-state index < -0.39 is 5.97 Å². The highest BCUT2D eigenvalue weighted by Crippen LogP contribution is 2.42. The van der Waals surface area contributed by atoms with Crippen LogP contribution in [-0.4, -0.2) is 34.9 Å². The minimum Gasteiger partial charge on any atom is -0.509 e. The number of carbonyl (C=O) groups is 1. The Kier molecular flexibility index (Phi) is 5.47. The lowest BCUT2D eigenvalue weighted by Gasteiger charge is -2.40. The van der Waals surface area contributed by atoms with Gasteiger partial charge in [-0.2, -0.15) is 0 Å². The van der Waals surface area contributed by atoms with Crippen LogP contribution >= 0.6 is 0 Å². The van der Waals surface area contributed by atoms with Crippen molar-refractivity contribution in [2.75, 3.05) is 11.4 Å². The number of esters is 1. The average molecular weight is 393 g/mol. The van der Waals surface area contributed by atoms with Crippen molar-refractivity contribution in [1.29, 1.82) is 0 Å². The largest absolute Gasteiger partial charge is 0.509 e. The van der Waals surface area contributed by atoms with Crippen molar-refractivity contribution in [3.63, 3.8) is 0 Å². The zero-order valence-corrected chi connectivity index (χ0v) is 16.6. The summed E-state index contributed by atoms with van der Waals surface area (Å²) >= 11 is 0. The van der Waals surface area contributed by atoms with Gasteiger partial charge in [0.15, 0.2) is 0 Å². The van der Waals surface area contributed by atoms with Gasteiger partial charge in [-0.1, -0.05) is 30.3 Å². The van der Waals surface area contributed by atoms with Crippen LogP contribution in [-0.2, 0) is 16.0 Å². The van der Waals surface area contributed by atoms with E-state index in [-0.39, 0.29) is 23.7 Å². The molecule has 5 nitrogen and oxygen atoms in total. The van der Waals surface area contributed by atoms with Gasteiger partial charge < -0.3 is 19.8 Å². The fraction of sp³-hybridized carbons (Fsp3) is 0.375. The average Bonchev–Trinajstić information content (AvgIpc) is 3.57. The van der Waals surface area contributed by atoms with Crippen LogP contribution in [0.4, 0.5) is 5.69 Å². The highest BCUT2D eigenvalue weighted by atomic mass is 16.5. The van der Waals surface area contributed by atoms with Crippen molar-refractivity contribution in [1.82, 2.24) is 0 Å². The molecule has 2 aromatic carbocycles. The molecule has 5 heteroatoms. The number of aliphatic hydroxyl groups excluding tert-OH is 1. The van der Waals surface area contributed by atoms with Crippen LogP contribution in [0, 0.1) is 5.92 Å². The van der Waals surface area contributed by atoms with Crippen LogP contribution < -0.4 is 4.90 Å². The lowest BCUT2D eigenvalue weighted by molar-refractivity contribution is -0.149. The predicted molar refractivity (Wildman–Crippen MR) is 112 cm³/mol. The van der Waals surface area contributed by atoms with Gasteiger partial charge in [0.05, 0.1) is 5.57 Å². The number of aryl methyl sites for hydroxylation is 1. The second-order valence-corrected chi connectivity index (χ2v) is 7.80. The minimum atomic E-state index is -0.404. The zero-order valence-electron chi connectivity index (χ0n) is 16.6. The summed E-state index contributed by atoms with van der Waals surface area (Å²) in [7, 11) is 0. The van der Waals surface area contributed by atoms with E-state index in [1.54, 1.807) is 12.1 Å². The van der Waals surface area contributed by atoms with Crippen molar-refractivity contribution < 1.29 is 19.7 Å². The molecule has 1 saturated carbocycles. The summed E-state index contributed by atoms with van der Waals surface area (Å²) in [4.78, 5) is 14.8. The number of carbonyl (C=O) groups excluding carboxylic acids is 1. The van der Waals surface area contributed by atoms with Crippen molar-refractivity contribution in [3.8, 4) is 5.75 Å². The molecule has 0 bridgehead atoms. The number of nitrogens with zero attached hydrogens (tertiary/aromatic N) is 1. The van der Waals surface area contributed by atoms with Gasteiger partial charge in [0.1, 0.15) is 23.7 Å². The molecular weight excluding hydrogens is 366 g/mol. The number of aromatic hydroxyl groups is 1. The van der Waals surface area contributed by atoms with Crippen molar-refractivity contribution in [3.05, 3.63) is 71.5 Å². The molecule has 4 rings (SSSR count). The van der Waals surface area contributed by atoms with Crippen LogP contribution in [0.3, 0.4) is 0 Å². The normalized spacial score (nSPS) is 21.8. The Hall–Kier alpha value is -2.95. The molecule has 2 atom stereocenters. The van der Waals surface area contributed by atoms with E-state index in [9.17, 15) is 15.0 Å². The number of aliphatic hydroxyl groups is 1. The van der Waals surface area contributed by atoms with Gasteiger partial charge in [0, 0.05) is 12.2 Å². The topological polar surface area (TPSA) is 70.0 Å². The Balaban J connectivity index is 1.64. The standard InChI is InChI=1S/C24H27NO4/c1-2-25(18-6-4-3-5-7-18)21-22(27)20(24(28)29-23(21)17-11-12-17)15-10-16-8-13-19(26)14-9-16/h3-9,13-14,17,21,23,26-27H,2,10-12,15H2,1H3. The Morgan fingerprint density at radius 1 is 1.00 bits per heavy atom. The first-order valence-electron chi connectivity index (χ1n) is 10.3. The number of anilines is 1. The number of ether oxygens (including phenoxy) is 1. The first-order valence-corrected chi connectivity index (χ1v) is 10.3. The van der Waals surface area contributed by atoms with Gasteiger partial charge in [-0.25, -0.2) is 4.79 Å². The molecule has 0 amide bonds. The molecule has 2 aliphatic rings. The number of cyclic esters (lactones) is 1. The number of phenolic OH excluding ortho intramolecular Hbond substituents is 1. The first kappa shape index (κ1) is 19.4. The van der Waals surface area contributed by atoms with E-state index in [4.69, 9.17) is 4.74 Å². The second kappa shape index (κ2) is 8.19. The molecule has 2 N–H and O–H groups in total. The van der Waals surface area contributed by atoms with E-state index in [1.807, 2.05) is 42.5 Å². The summed E-state index contributed by atoms with van der Waals surface area (Å²) in [6.45, 7) is 2.75. The molecule has 2 unspecified atom stereocenters. The molecule has 0 aromatic heterocycles. The smallest absolute Gasteiger partial charge is 0.337 e. The van der Waals surface area contributed by atoms with E-state index in [0.29, 0.717) is 30.9 Å². The maximum Gasteiger partial charge on any atom is 0.337 e. The maximum atomic E-state index is 12.7. The third-order valence-corrected chi connectivity index (χ3v) is 5.84. The highest BCUT2D eigenvalue weighted by molar-refractivity contribution is 5.90. The molecule has 152 valence electrons. The molecule has 1 aliphatic heterocycles. The number of hydrogen-bond donors (Lipinski definition) is 2. The Morgan fingerprint density at radius 3 is 2.31 bits per heavy atom. The second-order valence-electron chi connectivity index (χ2n) is 7.80. The molecular formula is C24H27NO4. The number of benzene rings is 2. The summed E-state index contributed by atoms with van der Waals surface area (Å²) in [6.07, 6.45) is 2.72. The molecule has 0 spiro atoms. The van der Waals surface area contributed by atoms with Crippen molar-refractivity contribution in [2.45, 2.75) is 44.8 Å². The summed E-state index contributed by atoms with van der Waals surface area (Å²) in [6, 6.07) is 16.5. The molecule has 0 radical (unpaired) electrons. The lowest BCUT2D eigenvalue weighted by atomic mass is 9.92. The summed E-state index contributed by atoms with van der Waals surface area (Å²) < 4.78 is 5.88. The van der Waals surface area contributed by atoms with Crippen LogP contribution in [0.15, 0.2) is 65.9 Å². The number of hydrogen-bond acceptors (Lipinski definition) is 5. The number of phenols is 1. The SMILES string of the molecule is CCN(c1ccccc1)C1C(O)=C(CCc2ccc(O)cc2)C(=O)OC1C1CC1. The number of rotatable bonds is 7. The maximum absolute atomic E-state index is 12.7. The molecule has 0 saturated heterocycles. The molecule has 1 fully saturated rings. The van der Waals surface area contributed by atoms with Gasteiger partial charge in [-0.3, -0.25) is 0 Å². The van der Waals surface area contributed by atoms with Crippen LogP contribution in [0.2, 0.25) is 0 Å². The predicted octanol–water partition coefficient (Wildman–Crippen LogP) is 4.37. The van der Waals surface area contributed by atoms with Gasteiger partial charge in [-0.15, -0.1) is 0 Å². The van der Waals surface area contributed by atoms with Crippen molar-refractivity contribution in [2.24, 2.45) is 5.92 Å². The molecule has 1 aliphatic carbocycles. The van der Waals surface area contributed by atoms with Gasteiger partial charge in [0.25, 0.3) is 0 Å². The van der Waals surface area contributed by atoms with Crippen molar-refractivity contribution >= 4 is 11.7 Å². The monoisotopic (exact) mass is 393 g/mol. The first-order chi connectivity index (χ1) is 14.1. The quantitative estimate of drug-likeness (QED) is 0.684. The molecule has 2 aromatic rings. The van der Waals surface area contributed by atoms with E-state index in [0.717, 1.165) is 24.1 Å². The minimum absolute atomic E-state index is 0.141. The fourth-order valence-corrected chi connectivity index (χ4v) is 4.12. The Morgan fingerprint density at radius 2 is 1.69 bits per heavy atom. The summed E-state index contributed by atoms with van der Waals surface area (Å²) in [5.41, 5.74) is 2.36. The van der Waals surface area contributed by atoms with Gasteiger partial charge >= 0.3 is 5.97 Å². The Labute approximate surface area is 171 Å². The van der Waals surface area contributed by atoms with E-state index >= 15 is 0 Å². The zero-order chi connectivity index (χ0) is 20.4. The van der Waals surface area contributed by atoms with E-state index in [2.05, 4.69) is 11.8 Å².